The second-order valence-corrected chi connectivity index (χ2v) is 3.24. The van der Waals surface area contributed by atoms with E-state index in [-0.39, 0.29) is 0 Å². The van der Waals surface area contributed by atoms with Crippen LogP contribution in [0, 0.1) is 0 Å². The number of hydrogen-bond acceptors (Lipinski definition) is 0. The minimum atomic E-state index is -5.07. The smallest absolute Gasteiger partial charge is 0.166 e. The maximum absolute atomic E-state index is 12.5. The molecule has 0 radical (unpaired) electrons. The summed E-state index contributed by atoms with van der Waals surface area (Å²) in [7, 11) is 0. The molecule has 0 N–H and O–H groups in total. The predicted molar refractivity (Wildman–Crippen MR) is 46.0 cm³/mol. The standard InChI is InChI=1S/C9H5ClF6/c10-4-5-2-1-3-6(8(11,12)13)7(5)9(14,15)16/h1-3H,4H2. The summed E-state index contributed by atoms with van der Waals surface area (Å²) >= 11 is 5.19. The second-order valence-electron chi connectivity index (χ2n) is 2.97. The summed E-state index contributed by atoms with van der Waals surface area (Å²) in [5.74, 6) is -0.626. The molecule has 1 aromatic carbocycles. The fourth-order valence-corrected chi connectivity index (χ4v) is 1.51. The summed E-state index contributed by atoms with van der Waals surface area (Å²) in [6.45, 7) is 0. The van der Waals surface area contributed by atoms with Crippen molar-refractivity contribution in [1.82, 2.24) is 0 Å². The molecule has 1 aromatic rings. The van der Waals surface area contributed by atoms with E-state index in [4.69, 9.17) is 11.6 Å². The molecule has 0 aliphatic heterocycles. The molecule has 90 valence electrons. The number of alkyl halides is 7. The summed E-state index contributed by atoms with van der Waals surface area (Å²) in [6.07, 6.45) is -10.1. The SMILES string of the molecule is FC(F)(F)c1cccc(CCl)c1C(F)(F)F. The first-order valence-corrected chi connectivity index (χ1v) is 4.53. The molecule has 0 aliphatic carbocycles. The second kappa shape index (κ2) is 4.16. The van der Waals surface area contributed by atoms with Crippen molar-refractivity contribution in [3.05, 3.63) is 34.9 Å². The predicted octanol–water partition coefficient (Wildman–Crippen LogP) is 4.46. The van der Waals surface area contributed by atoms with Gasteiger partial charge in [-0.05, 0) is 11.6 Å². The van der Waals surface area contributed by atoms with Gasteiger partial charge in [-0.1, -0.05) is 12.1 Å². The Hall–Kier alpha value is -0.910. The van der Waals surface area contributed by atoms with E-state index >= 15 is 0 Å². The van der Waals surface area contributed by atoms with Gasteiger partial charge in [0.05, 0.1) is 11.1 Å². The third kappa shape index (κ3) is 2.61. The summed E-state index contributed by atoms with van der Waals surface area (Å²) in [4.78, 5) is 0. The Morgan fingerprint density at radius 1 is 0.938 bits per heavy atom. The zero-order valence-corrected chi connectivity index (χ0v) is 8.34. The van der Waals surface area contributed by atoms with E-state index in [1.54, 1.807) is 0 Å². The van der Waals surface area contributed by atoms with Crippen molar-refractivity contribution in [3.8, 4) is 0 Å². The van der Waals surface area contributed by atoms with E-state index in [2.05, 4.69) is 0 Å². The molecule has 0 spiro atoms. The van der Waals surface area contributed by atoms with Crippen molar-refractivity contribution in [1.29, 1.82) is 0 Å². The molecule has 0 saturated heterocycles. The Morgan fingerprint density at radius 3 is 1.88 bits per heavy atom. The lowest BCUT2D eigenvalue weighted by molar-refractivity contribution is -0.162. The summed E-state index contributed by atoms with van der Waals surface area (Å²) in [5, 5.41) is 0. The molecule has 0 unspecified atom stereocenters. The Balaban J connectivity index is 3.51. The average molecular weight is 263 g/mol. The molecule has 1 rings (SSSR count). The molecule has 7 heteroatoms. The zero-order valence-electron chi connectivity index (χ0n) is 7.58. The van der Waals surface area contributed by atoms with Crippen LogP contribution in [-0.2, 0) is 18.2 Å². The molecule has 0 aliphatic rings. The van der Waals surface area contributed by atoms with Crippen LogP contribution in [-0.4, -0.2) is 0 Å². The molecule has 0 nitrogen and oxygen atoms in total. The molecule has 0 saturated carbocycles. The van der Waals surface area contributed by atoms with Gasteiger partial charge in [0, 0.05) is 5.88 Å². The minimum absolute atomic E-state index is 0.388. The first kappa shape index (κ1) is 13.2. The van der Waals surface area contributed by atoms with E-state index < -0.39 is 34.9 Å². The van der Waals surface area contributed by atoms with Crippen LogP contribution < -0.4 is 0 Å². The molecule has 0 aromatic heterocycles. The van der Waals surface area contributed by atoms with Crippen LogP contribution in [0.1, 0.15) is 16.7 Å². The molecular formula is C9H5ClF6. The van der Waals surface area contributed by atoms with Gasteiger partial charge in [0.2, 0.25) is 0 Å². The quantitative estimate of drug-likeness (QED) is 0.518. The molecule has 0 atom stereocenters. The highest BCUT2D eigenvalue weighted by Gasteiger charge is 2.44. The maximum Gasteiger partial charge on any atom is 0.417 e. The van der Waals surface area contributed by atoms with Gasteiger partial charge in [0.25, 0.3) is 0 Å². The zero-order chi connectivity index (χ0) is 12.6. The molecular weight excluding hydrogens is 258 g/mol. The number of halogens is 7. The fourth-order valence-electron chi connectivity index (χ4n) is 1.28. The maximum atomic E-state index is 12.5. The summed E-state index contributed by atoms with van der Waals surface area (Å²) < 4.78 is 74.5. The highest BCUT2D eigenvalue weighted by molar-refractivity contribution is 6.17. The van der Waals surface area contributed by atoms with Gasteiger partial charge >= 0.3 is 12.4 Å². The van der Waals surface area contributed by atoms with Crippen molar-refractivity contribution < 1.29 is 26.3 Å². The van der Waals surface area contributed by atoms with Crippen molar-refractivity contribution in [2.45, 2.75) is 18.2 Å². The summed E-state index contributed by atoms with van der Waals surface area (Å²) in [5.41, 5.74) is -4.00. The minimum Gasteiger partial charge on any atom is -0.166 e. The van der Waals surface area contributed by atoms with E-state index in [0.717, 1.165) is 12.1 Å². The number of hydrogen-bond donors (Lipinski definition) is 0. The third-order valence-corrected chi connectivity index (χ3v) is 2.17. The van der Waals surface area contributed by atoms with Gasteiger partial charge < -0.3 is 0 Å². The molecule has 16 heavy (non-hydrogen) atoms. The van der Waals surface area contributed by atoms with Gasteiger partial charge in [-0.15, -0.1) is 11.6 Å². The first-order chi connectivity index (χ1) is 7.18. The van der Waals surface area contributed by atoms with Crippen LogP contribution in [0.25, 0.3) is 0 Å². The monoisotopic (exact) mass is 262 g/mol. The highest BCUT2D eigenvalue weighted by atomic mass is 35.5. The number of rotatable bonds is 1. The van der Waals surface area contributed by atoms with Crippen molar-refractivity contribution in [2.75, 3.05) is 0 Å². The van der Waals surface area contributed by atoms with Gasteiger partial charge in [-0.3, -0.25) is 0 Å². The van der Waals surface area contributed by atoms with Crippen LogP contribution in [0.5, 0.6) is 0 Å². The summed E-state index contributed by atoms with van der Waals surface area (Å²) in [6, 6.07) is 2.21. The molecule has 0 heterocycles. The molecule has 0 fully saturated rings. The van der Waals surface area contributed by atoms with Crippen molar-refractivity contribution in [2.24, 2.45) is 0 Å². The van der Waals surface area contributed by atoms with Crippen LogP contribution in [0.2, 0.25) is 0 Å². The lowest BCUT2D eigenvalue weighted by Gasteiger charge is -2.17. The molecule has 0 bridgehead atoms. The Morgan fingerprint density at radius 2 is 1.50 bits per heavy atom. The lowest BCUT2D eigenvalue weighted by atomic mass is 10.0. The third-order valence-electron chi connectivity index (χ3n) is 1.88. The normalized spacial score (nSPS) is 12.9. The van der Waals surface area contributed by atoms with E-state index in [1.807, 2.05) is 0 Å². The van der Waals surface area contributed by atoms with Crippen LogP contribution >= 0.6 is 11.6 Å². The topological polar surface area (TPSA) is 0 Å². The fraction of sp³-hybridized carbons (Fsp3) is 0.333. The Kier molecular flexibility index (Phi) is 3.42. The van der Waals surface area contributed by atoms with Gasteiger partial charge in [-0.2, -0.15) is 26.3 Å². The van der Waals surface area contributed by atoms with Crippen LogP contribution in [0.15, 0.2) is 18.2 Å². The van der Waals surface area contributed by atoms with Gasteiger partial charge in [-0.25, -0.2) is 0 Å². The molecule has 0 amide bonds. The van der Waals surface area contributed by atoms with Crippen molar-refractivity contribution in [3.63, 3.8) is 0 Å². The number of benzene rings is 1. The largest absolute Gasteiger partial charge is 0.417 e. The van der Waals surface area contributed by atoms with Gasteiger partial charge in [0.15, 0.2) is 0 Å². The van der Waals surface area contributed by atoms with E-state index in [1.165, 1.54) is 0 Å². The highest BCUT2D eigenvalue weighted by Crippen LogP contribution is 2.42. The van der Waals surface area contributed by atoms with Gasteiger partial charge in [0.1, 0.15) is 0 Å². The van der Waals surface area contributed by atoms with Crippen LogP contribution in [0.4, 0.5) is 26.3 Å². The Bertz CT molecular complexity index is 379. The average Bonchev–Trinajstić information content (AvgIpc) is 2.13. The van der Waals surface area contributed by atoms with E-state index in [0.29, 0.717) is 6.07 Å². The lowest BCUT2D eigenvalue weighted by Crippen LogP contribution is -2.18. The van der Waals surface area contributed by atoms with Crippen molar-refractivity contribution >= 4 is 11.6 Å². The van der Waals surface area contributed by atoms with E-state index in [9.17, 15) is 26.3 Å². The Labute approximate surface area is 91.8 Å². The van der Waals surface area contributed by atoms with Crippen LogP contribution in [0.3, 0.4) is 0 Å². The first-order valence-electron chi connectivity index (χ1n) is 4.00.